The van der Waals surface area contributed by atoms with Crippen LogP contribution in [0.5, 0.6) is 0 Å². The molecule has 22 heavy (non-hydrogen) atoms. The fourth-order valence-electron chi connectivity index (χ4n) is 2.48. The maximum atomic E-state index is 11.2. The first kappa shape index (κ1) is 14.3. The van der Waals surface area contributed by atoms with E-state index in [9.17, 15) is 14.7 Å². The molecule has 5 heteroatoms. The third kappa shape index (κ3) is 2.58. The minimum atomic E-state index is -1.11. The summed E-state index contributed by atoms with van der Waals surface area (Å²) in [4.78, 5) is 22.2. The maximum absolute atomic E-state index is 11.2. The van der Waals surface area contributed by atoms with Gasteiger partial charge in [0.15, 0.2) is 0 Å². The number of aromatic carboxylic acids is 1. The fraction of sp³-hybridized carbons (Fsp3) is 0.0588. The molecule has 0 saturated heterocycles. The highest BCUT2D eigenvalue weighted by Crippen LogP contribution is 2.34. The molecule has 110 valence electrons. The van der Waals surface area contributed by atoms with Gasteiger partial charge in [0.25, 0.3) is 0 Å². The lowest BCUT2D eigenvalue weighted by molar-refractivity contribution is -0.136. The SMILES string of the molecule is O=C(O)Cc1cc(-c2csc3ccccc23)ccc1C(=O)O. The Hall–Kier alpha value is -2.66. The van der Waals surface area contributed by atoms with E-state index in [-0.39, 0.29) is 12.0 Å². The van der Waals surface area contributed by atoms with E-state index in [4.69, 9.17) is 5.11 Å². The second kappa shape index (κ2) is 5.61. The molecule has 0 amide bonds. The Morgan fingerprint density at radius 3 is 2.55 bits per heavy atom. The summed E-state index contributed by atoms with van der Waals surface area (Å²) in [6.07, 6.45) is -0.308. The number of thiophene rings is 1. The van der Waals surface area contributed by atoms with Gasteiger partial charge in [0.1, 0.15) is 0 Å². The van der Waals surface area contributed by atoms with Gasteiger partial charge in [-0.15, -0.1) is 11.3 Å². The second-order valence-electron chi connectivity index (χ2n) is 4.89. The van der Waals surface area contributed by atoms with Gasteiger partial charge in [-0.3, -0.25) is 4.79 Å². The number of hydrogen-bond donors (Lipinski definition) is 2. The van der Waals surface area contributed by atoms with Crippen LogP contribution in [0.1, 0.15) is 15.9 Å². The lowest BCUT2D eigenvalue weighted by Gasteiger charge is -2.07. The number of carboxylic acids is 2. The predicted molar refractivity (Wildman–Crippen MR) is 85.6 cm³/mol. The van der Waals surface area contributed by atoms with E-state index in [0.717, 1.165) is 21.2 Å². The van der Waals surface area contributed by atoms with Crippen molar-refractivity contribution in [2.75, 3.05) is 0 Å². The highest BCUT2D eigenvalue weighted by molar-refractivity contribution is 7.17. The molecule has 0 bridgehead atoms. The maximum Gasteiger partial charge on any atom is 0.335 e. The minimum absolute atomic E-state index is 0.0330. The van der Waals surface area contributed by atoms with E-state index in [2.05, 4.69) is 0 Å². The first-order valence-corrected chi connectivity index (χ1v) is 7.49. The summed E-state index contributed by atoms with van der Waals surface area (Å²) in [5, 5.41) is 21.2. The fourth-order valence-corrected chi connectivity index (χ4v) is 3.45. The predicted octanol–water partition coefficient (Wildman–Crippen LogP) is 3.89. The van der Waals surface area contributed by atoms with E-state index >= 15 is 0 Å². The van der Waals surface area contributed by atoms with Crippen molar-refractivity contribution in [2.24, 2.45) is 0 Å². The molecule has 3 aromatic rings. The molecule has 0 fully saturated rings. The van der Waals surface area contributed by atoms with Gasteiger partial charge < -0.3 is 10.2 Å². The zero-order valence-electron chi connectivity index (χ0n) is 11.4. The Bertz CT molecular complexity index is 879. The lowest BCUT2D eigenvalue weighted by Crippen LogP contribution is -2.08. The molecule has 1 aromatic heterocycles. The van der Waals surface area contributed by atoms with Crippen LogP contribution < -0.4 is 0 Å². The van der Waals surface area contributed by atoms with Crippen LogP contribution in [-0.4, -0.2) is 22.2 Å². The molecule has 0 saturated carbocycles. The van der Waals surface area contributed by atoms with Crippen LogP contribution in [0.2, 0.25) is 0 Å². The Kier molecular flexibility index (Phi) is 3.65. The Balaban J connectivity index is 2.15. The molecule has 4 nitrogen and oxygen atoms in total. The van der Waals surface area contributed by atoms with E-state index in [1.807, 2.05) is 29.6 Å². The van der Waals surface area contributed by atoms with Gasteiger partial charge in [-0.25, -0.2) is 4.79 Å². The summed E-state index contributed by atoms with van der Waals surface area (Å²) >= 11 is 1.61. The summed E-state index contributed by atoms with van der Waals surface area (Å²) < 4.78 is 1.14. The molecule has 0 spiro atoms. The number of hydrogen-bond acceptors (Lipinski definition) is 3. The van der Waals surface area contributed by atoms with Crippen molar-refractivity contribution in [3.63, 3.8) is 0 Å². The summed E-state index contributed by atoms with van der Waals surface area (Å²) in [6.45, 7) is 0. The van der Waals surface area contributed by atoms with Crippen molar-refractivity contribution in [1.82, 2.24) is 0 Å². The highest BCUT2D eigenvalue weighted by Gasteiger charge is 2.15. The molecule has 0 atom stereocenters. The molecule has 0 aliphatic carbocycles. The number of aliphatic carboxylic acids is 1. The van der Waals surface area contributed by atoms with Crippen LogP contribution in [0.4, 0.5) is 0 Å². The van der Waals surface area contributed by atoms with Gasteiger partial charge in [-0.2, -0.15) is 0 Å². The number of fused-ring (bicyclic) bond motifs is 1. The van der Waals surface area contributed by atoms with E-state index in [1.165, 1.54) is 6.07 Å². The van der Waals surface area contributed by atoms with Gasteiger partial charge in [0.05, 0.1) is 12.0 Å². The molecule has 2 N–H and O–H groups in total. The first-order chi connectivity index (χ1) is 10.6. The zero-order valence-corrected chi connectivity index (χ0v) is 12.3. The van der Waals surface area contributed by atoms with E-state index in [1.54, 1.807) is 23.5 Å². The van der Waals surface area contributed by atoms with Crippen molar-refractivity contribution in [3.8, 4) is 11.1 Å². The average Bonchev–Trinajstić information content (AvgIpc) is 2.90. The summed E-state index contributed by atoms with van der Waals surface area (Å²) in [5.41, 5.74) is 2.17. The summed E-state index contributed by atoms with van der Waals surface area (Å²) in [6, 6.07) is 12.8. The van der Waals surface area contributed by atoms with Crippen LogP contribution >= 0.6 is 11.3 Å². The quantitative estimate of drug-likeness (QED) is 0.766. The number of carboxylic acid groups (broad SMARTS) is 2. The second-order valence-corrected chi connectivity index (χ2v) is 5.80. The number of benzene rings is 2. The Morgan fingerprint density at radius 2 is 1.82 bits per heavy atom. The number of rotatable bonds is 4. The molecule has 1 heterocycles. The normalized spacial score (nSPS) is 10.7. The Morgan fingerprint density at radius 1 is 1.05 bits per heavy atom. The van der Waals surface area contributed by atoms with Crippen molar-refractivity contribution < 1.29 is 19.8 Å². The third-order valence-electron chi connectivity index (χ3n) is 3.47. The van der Waals surface area contributed by atoms with Crippen LogP contribution in [-0.2, 0) is 11.2 Å². The van der Waals surface area contributed by atoms with Gasteiger partial charge >= 0.3 is 11.9 Å². The van der Waals surface area contributed by atoms with Gasteiger partial charge in [0, 0.05) is 15.6 Å². The average molecular weight is 312 g/mol. The molecule has 0 unspecified atom stereocenters. The smallest absolute Gasteiger partial charge is 0.335 e. The highest BCUT2D eigenvalue weighted by atomic mass is 32.1. The lowest BCUT2D eigenvalue weighted by atomic mass is 9.97. The standard InChI is InChI=1S/C17H12O4S/c18-16(19)8-11-7-10(5-6-12(11)17(20)21)14-9-22-15-4-2-1-3-13(14)15/h1-7,9H,8H2,(H,18,19)(H,20,21). The summed E-state index contributed by atoms with van der Waals surface area (Å²) in [7, 11) is 0. The summed E-state index contributed by atoms with van der Waals surface area (Å²) in [5.74, 6) is -2.16. The molecule has 0 aliphatic heterocycles. The van der Waals surface area contributed by atoms with Crippen molar-refractivity contribution in [3.05, 3.63) is 59.0 Å². The van der Waals surface area contributed by atoms with Gasteiger partial charge in [-0.05, 0) is 34.7 Å². The zero-order chi connectivity index (χ0) is 15.7. The monoisotopic (exact) mass is 312 g/mol. The molecule has 0 aliphatic rings. The third-order valence-corrected chi connectivity index (χ3v) is 4.43. The first-order valence-electron chi connectivity index (χ1n) is 6.61. The van der Waals surface area contributed by atoms with Crippen molar-refractivity contribution >= 4 is 33.4 Å². The van der Waals surface area contributed by atoms with Gasteiger partial charge in [0.2, 0.25) is 0 Å². The van der Waals surface area contributed by atoms with Crippen molar-refractivity contribution in [1.29, 1.82) is 0 Å². The molecular formula is C17H12O4S. The molecule has 2 aromatic carbocycles. The topological polar surface area (TPSA) is 74.6 Å². The molecular weight excluding hydrogens is 300 g/mol. The minimum Gasteiger partial charge on any atom is -0.481 e. The van der Waals surface area contributed by atoms with Crippen molar-refractivity contribution in [2.45, 2.75) is 6.42 Å². The van der Waals surface area contributed by atoms with Crippen LogP contribution in [0.25, 0.3) is 21.2 Å². The van der Waals surface area contributed by atoms with Gasteiger partial charge in [-0.1, -0.05) is 24.3 Å². The molecule has 3 rings (SSSR count). The largest absolute Gasteiger partial charge is 0.481 e. The van der Waals surface area contributed by atoms with E-state index < -0.39 is 11.9 Å². The van der Waals surface area contributed by atoms with E-state index in [0.29, 0.717) is 5.56 Å². The van der Waals surface area contributed by atoms with Crippen LogP contribution in [0, 0.1) is 0 Å². The Labute approximate surface area is 130 Å². The molecule has 0 radical (unpaired) electrons. The van der Waals surface area contributed by atoms with Crippen LogP contribution in [0.3, 0.4) is 0 Å². The number of carbonyl (C=O) groups is 2. The van der Waals surface area contributed by atoms with Crippen LogP contribution in [0.15, 0.2) is 47.8 Å².